The molecule has 0 aliphatic carbocycles. The zero-order chi connectivity index (χ0) is 15.5. The summed E-state index contributed by atoms with van der Waals surface area (Å²) in [6, 6.07) is 1.69. The van der Waals surface area contributed by atoms with E-state index >= 15 is 0 Å². The number of nitrogens with zero attached hydrogens (tertiary/aromatic N) is 3. The van der Waals surface area contributed by atoms with Crippen molar-refractivity contribution in [2.24, 2.45) is 0 Å². The zero-order valence-electron chi connectivity index (χ0n) is 11.4. The Kier molecular flexibility index (Phi) is 4.61. The maximum atomic E-state index is 12.7. The van der Waals surface area contributed by atoms with Crippen molar-refractivity contribution in [1.82, 2.24) is 15.5 Å². The molecule has 21 heavy (non-hydrogen) atoms. The van der Waals surface area contributed by atoms with Crippen molar-refractivity contribution < 1.29 is 22.7 Å². The number of morpholine rings is 1. The highest BCUT2D eigenvalue weighted by molar-refractivity contribution is 5.48. The number of carbonyl (C=O) groups excluding carboxylic acids is 1. The maximum Gasteiger partial charge on any atom is 0.416 e. The fourth-order valence-electron chi connectivity index (χ4n) is 2.12. The van der Waals surface area contributed by atoms with Gasteiger partial charge in [0, 0.05) is 6.54 Å². The molecular weight excluding hydrogens is 289 g/mol. The number of anilines is 1. The Bertz CT molecular complexity index is 510. The van der Waals surface area contributed by atoms with Crippen LogP contribution >= 0.6 is 0 Å². The Labute approximate surface area is 119 Å². The molecule has 1 aromatic heterocycles. The normalized spacial score (nSPS) is 19.4. The molecule has 1 fully saturated rings. The minimum Gasteiger partial charge on any atom is -0.365 e. The molecule has 0 radical (unpaired) electrons. The average molecular weight is 304 g/mol. The molecular formula is C12H15F3N4O2. The van der Waals surface area contributed by atoms with E-state index in [-0.39, 0.29) is 19.7 Å². The predicted molar refractivity (Wildman–Crippen MR) is 67.7 cm³/mol. The lowest BCUT2D eigenvalue weighted by molar-refractivity contribution is -0.221. The van der Waals surface area contributed by atoms with Gasteiger partial charge >= 0.3 is 6.18 Å². The molecule has 2 heterocycles. The van der Waals surface area contributed by atoms with Crippen molar-refractivity contribution in [3.8, 4) is 0 Å². The minimum absolute atomic E-state index is 0.0141. The van der Waals surface area contributed by atoms with Gasteiger partial charge in [-0.2, -0.15) is 18.3 Å². The standard InChI is InChI=1S/C12H15F3N4O2/c1-8-4-9(5-16-7-20)17-18-11(8)19-2-3-21-10(6-19)12(13,14)15/h4,7,10H,2-3,5-6H2,1H3,(H,16,20). The molecule has 6 nitrogen and oxygen atoms in total. The van der Waals surface area contributed by atoms with Crippen LogP contribution in [0.5, 0.6) is 0 Å². The van der Waals surface area contributed by atoms with Crippen molar-refractivity contribution in [1.29, 1.82) is 0 Å². The number of aromatic nitrogens is 2. The van der Waals surface area contributed by atoms with E-state index in [2.05, 4.69) is 15.5 Å². The van der Waals surface area contributed by atoms with Crippen molar-refractivity contribution in [2.75, 3.05) is 24.6 Å². The summed E-state index contributed by atoms with van der Waals surface area (Å²) in [7, 11) is 0. The number of aryl methyl sites for hydroxylation is 1. The fourth-order valence-corrected chi connectivity index (χ4v) is 2.12. The third-order valence-electron chi connectivity index (χ3n) is 3.11. The quantitative estimate of drug-likeness (QED) is 0.833. The van der Waals surface area contributed by atoms with Crippen molar-refractivity contribution >= 4 is 12.2 Å². The highest BCUT2D eigenvalue weighted by atomic mass is 19.4. The largest absolute Gasteiger partial charge is 0.416 e. The SMILES string of the molecule is Cc1cc(CNC=O)nnc1N1CCOC(C(F)(F)F)C1. The van der Waals surface area contributed by atoms with Gasteiger partial charge in [-0.3, -0.25) is 4.79 Å². The van der Waals surface area contributed by atoms with E-state index in [9.17, 15) is 18.0 Å². The summed E-state index contributed by atoms with van der Waals surface area (Å²) in [5.74, 6) is 0.405. The summed E-state index contributed by atoms with van der Waals surface area (Å²) in [6.07, 6.45) is -5.67. The van der Waals surface area contributed by atoms with Gasteiger partial charge in [-0.1, -0.05) is 0 Å². The lowest BCUT2D eigenvalue weighted by Crippen LogP contribution is -2.49. The van der Waals surface area contributed by atoms with E-state index in [1.807, 2.05) is 0 Å². The minimum atomic E-state index is -4.40. The molecule has 1 amide bonds. The number of carbonyl (C=O) groups is 1. The molecule has 0 saturated carbocycles. The van der Waals surface area contributed by atoms with Crippen molar-refractivity contribution in [3.63, 3.8) is 0 Å². The van der Waals surface area contributed by atoms with Gasteiger partial charge in [0.1, 0.15) is 0 Å². The Hall–Kier alpha value is -1.90. The van der Waals surface area contributed by atoms with Gasteiger partial charge in [0.05, 0.1) is 25.4 Å². The van der Waals surface area contributed by atoms with Gasteiger partial charge < -0.3 is 15.0 Å². The van der Waals surface area contributed by atoms with Gasteiger partial charge in [0.2, 0.25) is 6.41 Å². The predicted octanol–water partition coefficient (Wildman–Crippen LogP) is 0.799. The van der Waals surface area contributed by atoms with Gasteiger partial charge in [-0.25, -0.2) is 0 Å². The van der Waals surface area contributed by atoms with E-state index in [0.29, 0.717) is 30.0 Å². The molecule has 116 valence electrons. The van der Waals surface area contributed by atoms with Gasteiger partial charge in [0.15, 0.2) is 11.9 Å². The highest BCUT2D eigenvalue weighted by Gasteiger charge is 2.43. The first-order chi connectivity index (χ1) is 9.91. The summed E-state index contributed by atoms with van der Waals surface area (Å²) < 4.78 is 42.9. The number of ether oxygens (including phenoxy) is 1. The van der Waals surface area contributed by atoms with Gasteiger partial charge in [-0.05, 0) is 18.6 Å². The van der Waals surface area contributed by atoms with Crippen LogP contribution in [0, 0.1) is 6.92 Å². The van der Waals surface area contributed by atoms with Gasteiger partial charge in [-0.15, -0.1) is 5.10 Å². The van der Waals surface area contributed by atoms with Crippen LogP contribution in [0.4, 0.5) is 19.0 Å². The average Bonchev–Trinajstić information content (AvgIpc) is 2.44. The second kappa shape index (κ2) is 6.25. The summed E-state index contributed by atoms with van der Waals surface area (Å²) in [5.41, 5.74) is 1.25. The first kappa shape index (κ1) is 15.5. The van der Waals surface area contributed by atoms with Crippen LogP contribution < -0.4 is 10.2 Å². The molecule has 0 spiro atoms. The van der Waals surface area contributed by atoms with E-state index in [1.165, 1.54) is 4.90 Å². The second-order valence-electron chi connectivity index (χ2n) is 4.69. The van der Waals surface area contributed by atoms with Crippen LogP contribution in [0.3, 0.4) is 0 Å². The van der Waals surface area contributed by atoms with Gasteiger partial charge in [0.25, 0.3) is 0 Å². The van der Waals surface area contributed by atoms with E-state index < -0.39 is 12.3 Å². The van der Waals surface area contributed by atoms with E-state index in [1.54, 1.807) is 13.0 Å². The number of alkyl halides is 3. The molecule has 1 unspecified atom stereocenters. The first-order valence-electron chi connectivity index (χ1n) is 6.35. The summed E-state index contributed by atoms with van der Waals surface area (Å²) in [5, 5.41) is 10.3. The smallest absolute Gasteiger partial charge is 0.365 e. The van der Waals surface area contributed by atoms with E-state index in [4.69, 9.17) is 4.74 Å². The number of hydrogen-bond donors (Lipinski definition) is 1. The van der Waals surface area contributed by atoms with Crippen LogP contribution in [0.1, 0.15) is 11.3 Å². The summed E-state index contributed by atoms with van der Waals surface area (Å²) in [6.45, 7) is 1.98. The second-order valence-corrected chi connectivity index (χ2v) is 4.69. The third-order valence-corrected chi connectivity index (χ3v) is 3.11. The molecule has 1 aliphatic rings. The maximum absolute atomic E-state index is 12.7. The highest BCUT2D eigenvalue weighted by Crippen LogP contribution is 2.28. The Morgan fingerprint density at radius 2 is 2.29 bits per heavy atom. The Morgan fingerprint density at radius 3 is 2.90 bits per heavy atom. The number of amides is 1. The number of halogens is 3. The third kappa shape index (κ3) is 3.81. The van der Waals surface area contributed by atoms with Crippen LogP contribution in [-0.4, -0.2) is 48.6 Å². The van der Waals surface area contributed by atoms with Crippen LogP contribution in [-0.2, 0) is 16.1 Å². The molecule has 0 aromatic carbocycles. The molecule has 2 rings (SSSR count). The molecule has 0 bridgehead atoms. The summed E-state index contributed by atoms with van der Waals surface area (Å²) in [4.78, 5) is 11.7. The molecule has 9 heteroatoms. The molecule has 1 N–H and O–H groups in total. The Balaban J connectivity index is 2.12. The molecule has 1 atom stereocenters. The molecule has 1 saturated heterocycles. The Morgan fingerprint density at radius 1 is 1.52 bits per heavy atom. The topological polar surface area (TPSA) is 67.4 Å². The van der Waals surface area contributed by atoms with Crippen LogP contribution in [0.25, 0.3) is 0 Å². The summed E-state index contributed by atoms with van der Waals surface area (Å²) >= 11 is 0. The van der Waals surface area contributed by atoms with Crippen LogP contribution in [0.15, 0.2) is 6.07 Å². The zero-order valence-corrected chi connectivity index (χ0v) is 11.4. The number of nitrogens with one attached hydrogen (secondary N) is 1. The monoisotopic (exact) mass is 304 g/mol. The van der Waals surface area contributed by atoms with Crippen LogP contribution in [0.2, 0.25) is 0 Å². The fraction of sp³-hybridized carbons (Fsp3) is 0.583. The lowest BCUT2D eigenvalue weighted by atomic mass is 10.2. The molecule has 1 aromatic rings. The van der Waals surface area contributed by atoms with Crippen molar-refractivity contribution in [2.45, 2.75) is 25.7 Å². The van der Waals surface area contributed by atoms with E-state index in [0.717, 1.165) is 0 Å². The first-order valence-corrected chi connectivity index (χ1v) is 6.35. The lowest BCUT2D eigenvalue weighted by Gasteiger charge is -2.34. The molecule has 1 aliphatic heterocycles. The van der Waals surface area contributed by atoms with Crippen molar-refractivity contribution in [3.05, 3.63) is 17.3 Å². The number of rotatable bonds is 4. The number of hydrogen-bond acceptors (Lipinski definition) is 5.